The van der Waals surface area contributed by atoms with Gasteiger partial charge in [-0.15, -0.1) is 0 Å². The molecule has 20 heavy (non-hydrogen) atoms. The zero-order valence-corrected chi connectivity index (χ0v) is 12.3. The zero-order chi connectivity index (χ0) is 15.1. The van der Waals surface area contributed by atoms with Crippen molar-refractivity contribution in [3.8, 4) is 0 Å². The Hall–Kier alpha value is -1.62. The van der Waals surface area contributed by atoms with Gasteiger partial charge < -0.3 is 15.8 Å². The minimum Gasteiger partial charge on any atom is -0.379 e. The largest absolute Gasteiger partial charge is 0.379 e. The highest BCUT2D eigenvalue weighted by molar-refractivity contribution is 5.94. The summed E-state index contributed by atoms with van der Waals surface area (Å²) in [6.45, 7) is 8.10. The second kappa shape index (κ2) is 4.74. The van der Waals surface area contributed by atoms with Crippen LogP contribution in [0.2, 0.25) is 0 Å². The number of carbonyl (C=O) groups excluding carboxylic acids is 1. The van der Waals surface area contributed by atoms with Crippen molar-refractivity contribution < 1.29 is 13.9 Å². The fourth-order valence-corrected chi connectivity index (χ4v) is 2.79. The van der Waals surface area contributed by atoms with Crippen LogP contribution in [0.5, 0.6) is 0 Å². The van der Waals surface area contributed by atoms with Crippen molar-refractivity contribution in [3.05, 3.63) is 29.6 Å². The van der Waals surface area contributed by atoms with Crippen molar-refractivity contribution in [2.75, 3.05) is 5.32 Å². The van der Waals surface area contributed by atoms with E-state index in [1.165, 1.54) is 12.1 Å². The van der Waals surface area contributed by atoms with Crippen LogP contribution in [0.25, 0.3) is 0 Å². The molecule has 0 aromatic heterocycles. The average Bonchev–Trinajstić information content (AvgIpc) is 2.49. The maximum absolute atomic E-state index is 13.5. The molecule has 1 heterocycles. The minimum atomic E-state index is -0.770. The molecule has 1 aliphatic rings. The van der Waals surface area contributed by atoms with E-state index >= 15 is 0 Å². The Morgan fingerprint density at radius 1 is 1.40 bits per heavy atom. The molecule has 0 aliphatic carbocycles. The maximum Gasteiger partial charge on any atom is 0.251 e. The lowest BCUT2D eigenvalue weighted by atomic mass is 9.94. The molecule has 2 rings (SSSR count). The van der Waals surface area contributed by atoms with Crippen LogP contribution in [0.1, 0.15) is 44.5 Å². The van der Waals surface area contributed by atoms with E-state index in [0.717, 1.165) is 6.42 Å². The third kappa shape index (κ3) is 2.93. The molecule has 0 saturated carbocycles. The Kier molecular flexibility index (Phi) is 3.50. The van der Waals surface area contributed by atoms with Crippen LogP contribution in [0.15, 0.2) is 18.2 Å². The summed E-state index contributed by atoms with van der Waals surface area (Å²) in [6, 6.07) is 4.36. The monoisotopic (exact) mass is 280 g/mol. The molecule has 0 spiro atoms. The third-order valence-corrected chi connectivity index (χ3v) is 3.65. The quantitative estimate of drug-likeness (QED) is 0.894. The molecular weight excluding hydrogens is 259 g/mol. The molecule has 1 fully saturated rings. The zero-order valence-electron chi connectivity index (χ0n) is 12.3. The van der Waals surface area contributed by atoms with Crippen molar-refractivity contribution in [2.24, 2.45) is 5.73 Å². The topological polar surface area (TPSA) is 64.3 Å². The Morgan fingerprint density at radius 2 is 2.05 bits per heavy atom. The van der Waals surface area contributed by atoms with Gasteiger partial charge in [-0.2, -0.15) is 0 Å². The number of benzene rings is 1. The molecule has 1 saturated heterocycles. The number of amides is 1. The molecular formula is C15H21FN2O2. The van der Waals surface area contributed by atoms with Gasteiger partial charge >= 0.3 is 0 Å². The van der Waals surface area contributed by atoms with Crippen LogP contribution in [0, 0.1) is 5.82 Å². The van der Waals surface area contributed by atoms with Gasteiger partial charge in [0.05, 0.1) is 22.8 Å². The number of hydrogen-bond donors (Lipinski definition) is 2. The van der Waals surface area contributed by atoms with Gasteiger partial charge in [-0.3, -0.25) is 4.79 Å². The van der Waals surface area contributed by atoms with Crippen molar-refractivity contribution in [2.45, 2.75) is 51.4 Å². The number of nitrogens with two attached hydrogens (primary N) is 1. The van der Waals surface area contributed by atoms with Gasteiger partial charge in [-0.25, -0.2) is 4.39 Å². The van der Waals surface area contributed by atoms with Gasteiger partial charge in [0, 0.05) is 5.69 Å². The molecule has 1 atom stereocenters. The standard InChI is InChI=1S/C15H21FN2O2/c1-14(2)8-12(15(3,4)20-14)18-9-5-6-11(16)10(7-9)13(17)19/h5-7,12,18H,8H2,1-4H3,(H2,17,19). The number of anilines is 1. The number of carbonyl (C=O) groups is 1. The summed E-state index contributed by atoms with van der Waals surface area (Å²) in [5.41, 5.74) is 5.16. The van der Waals surface area contributed by atoms with Crippen LogP contribution < -0.4 is 11.1 Å². The highest BCUT2D eigenvalue weighted by Crippen LogP contribution is 2.38. The Labute approximate surface area is 118 Å². The summed E-state index contributed by atoms with van der Waals surface area (Å²) in [4.78, 5) is 11.2. The molecule has 5 heteroatoms. The van der Waals surface area contributed by atoms with Gasteiger partial charge in [0.15, 0.2) is 0 Å². The van der Waals surface area contributed by atoms with Gasteiger partial charge in [0.2, 0.25) is 0 Å². The van der Waals surface area contributed by atoms with E-state index in [4.69, 9.17) is 10.5 Å². The summed E-state index contributed by atoms with van der Waals surface area (Å²) in [5, 5.41) is 3.31. The van der Waals surface area contributed by atoms with E-state index in [0.29, 0.717) is 5.69 Å². The first-order chi connectivity index (χ1) is 9.11. The molecule has 1 aromatic carbocycles. The van der Waals surface area contributed by atoms with Crippen LogP contribution in [0.4, 0.5) is 10.1 Å². The van der Waals surface area contributed by atoms with Crippen molar-refractivity contribution in [1.82, 2.24) is 0 Å². The maximum atomic E-state index is 13.5. The number of ether oxygens (including phenoxy) is 1. The molecule has 3 N–H and O–H groups in total. The van der Waals surface area contributed by atoms with Gasteiger partial charge in [-0.05, 0) is 52.3 Å². The lowest BCUT2D eigenvalue weighted by Gasteiger charge is -2.28. The summed E-state index contributed by atoms with van der Waals surface area (Å²) in [7, 11) is 0. The number of halogens is 1. The smallest absolute Gasteiger partial charge is 0.251 e. The second-order valence-electron chi connectivity index (χ2n) is 6.43. The normalized spacial score (nSPS) is 23.6. The third-order valence-electron chi connectivity index (χ3n) is 3.65. The van der Waals surface area contributed by atoms with E-state index in [1.54, 1.807) is 6.07 Å². The van der Waals surface area contributed by atoms with E-state index in [2.05, 4.69) is 5.32 Å². The summed E-state index contributed by atoms with van der Waals surface area (Å²) in [5.74, 6) is -1.38. The number of nitrogens with one attached hydrogen (secondary N) is 1. The minimum absolute atomic E-state index is 0.0729. The number of primary amides is 1. The van der Waals surface area contributed by atoms with E-state index in [9.17, 15) is 9.18 Å². The van der Waals surface area contributed by atoms with Crippen molar-refractivity contribution >= 4 is 11.6 Å². The highest BCUT2D eigenvalue weighted by atomic mass is 19.1. The Bertz CT molecular complexity index is 541. The lowest BCUT2D eigenvalue weighted by Crippen LogP contribution is -2.38. The molecule has 110 valence electrons. The van der Waals surface area contributed by atoms with E-state index in [1.807, 2.05) is 27.7 Å². The predicted octanol–water partition coefficient (Wildman–Crippen LogP) is 2.68. The lowest BCUT2D eigenvalue weighted by molar-refractivity contribution is -0.0662. The van der Waals surface area contributed by atoms with Crippen LogP contribution in [-0.2, 0) is 4.74 Å². The summed E-state index contributed by atoms with van der Waals surface area (Å²) in [6.07, 6.45) is 0.823. The molecule has 0 radical (unpaired) electrons. The molecule has 1 aromatic rings. The van der Waals surface area contributed by atoms with Crippen LogP contribution in [0.3, 0.4) is 0 Å². The Balaban J connectivity index is 2.23. The first-order valence-corrected chi connectivity index (χ1v) is 6.67. The highest BCUT2D eigenvalue weighted by Gasteiger charge is 2.45. The van der Waals surface area contributed by atoms with Crippen LogP contribution >= 0.6 is 0 Å². The predicted molar refractivity (Wildman–Crippen MR) is 76.2 cm³/mol. The van der Waals surface area contributed by atoms with Crippen LogP contribution in [-0.4, -0.2) is 23.2 Å². The Morgan fingerprint density at radius 3 is 2.55 bits per heavy atom. The fourth-order valence-electron chi connectivity index (χ4n) is 2.79. The first-order valence-electron chi connectivity index (χ1n) is 6.67. The number of rotatable bonds is 3. The second-order valence-corrected chi connectivity index (χ2v) is 6.43. The SMILES string of the molecule is CC1(C)CC(Nc2ccc(F)c(C(N)=O)c2)C(C)(C)O1. The first kappa shape index (κ1) is 14.8. The van der Waals surface area contributed by atoms with Crippen molar-refractivity contribution in [3.63, 3.8) is 0 Å². The molecule has 0 bridgehead atoms. The fraction of sp³-hybridized carbons (Fsp3) is 0.533. The molecule has 1 aliphatic heterocycles. The molecule has 1 unspecified atom stereocenters. The van der Waals surface area contributed by atoms with Gasteiger partial charge in [-0.1, -0.05) is 0 Å². The number of hydrogen-bond acceptors (Lipinski definition) is 3. The van der Waals surface area contributed by atoms with Crippen molar-refractivity contribution in [1.29, 1.82) is 0 Å². The summed E-state index contributed by atoms with van der Waals surface area (Å²) >= 11 is 0. The van der Waals surface area contributed by atoms with E-state index in [-0.39, 0.29) is 22.8 Å². The molecule has 1 amide bonds. The average molecular weight is 280 g/mol. The van der Waals surface area contributed by atoms with Gasteiger partial charge in [0.1, 0.15) is 5.82 Å². The van der Waals surface area contributed by atoms with E-state index < -0.39 is 11.7 Å². The summed E-state index contributed by atoms with van der Waals surface area (Å²) < 4.78 is 19.4. The molecule has 4 nitrogen and oxygen atoms in total. The van der Waals surface area contributed by atoms with Gasteiger partial charge in [0.25, 0.3) is 5.91 Å².